The molecule has 1 aromatic heterocycles. The number of nitrogens with two attached hydrogens (primary N) is 1. The lowest BCUT2D eigenvalue weighted by molar-refractivity contribution is 0.317. The Bertz CT molecular complexity index is 897. The minimum atomic E-state index is -0.242. The second-order valence-corrected chi connectivity index (χ2v) is 5.72. The third kappa shape index (κ3) is 2.46. The van der Waals surface area contributed by atoms with Crippen LogP contribution < -0.4 is 15.8 Å². The van der Waals surface area contributed by atoms with Gasteiger partial charge in [-0.15, -0.1) is 0 Å². The predicted molar refractivity (Wildman–Crippen MR) is 95.3 cm³/mol. The lowest BCUT2D eigenvalue weighted by Gasteiger charge is -2.24. The molecule has 0 unspecified atom stereocenters. The SMILES string of the molecule is CCCOc1ccc([C@@H]2N=C(N)Nc3nc4ccccc4n32)cc1. The Hall–Kier alpha value is -3.02. The molecule has 0 amide bonds. The van der Waals surface area contributed by atoms with E-state index in [1.807, 2.05) is 48.5 Å². The highest BCUT2D eigenvalue weighted by Crippen LogP contribution is 2.32. The zero-order valence-corrected chi connectivity index (χ0v) is 13.4. The number of guanidine groups is 1. The lowest BCUT2D eigenvalue weighted by atomic mass is 10.1. The number of fused-ring (bicyclic) bond motifs is 3. The van der Waals surface area contributed by atoms with Gasteiger partial charge < -0.3 is 10.5 Å². The van der Waals surface area contributed by atoms with Crippen LogP contribution in [-0.2, 0) is 0 Å². The Morgan fingerprint density at radius 1 is 1.17 bits per heavy atom. The number of aromatic nitrogens is 2. The van der Waals surface area contributed by atoms with E-state index in [0.717, 1.165) is 28.8 Å². The van der Waals surface area contributed by atoms with Crippen LogP contribution in [-0.4, -0.2) is 22.1 Å². The zero-order chi connectivity index (χ0) is 16.5. The average Bonchev–Trinajstić information content (AvgIpc) is 2.97. The summed E-state index contributed by atoms with van der Waals surface area (Å²) >= 11 is 0. The van der Waals surface area contributed by atoms with Crippen molar-refractivity contribution in [1.29, 1.82) is 0 Å². The number of nitrogens with zero attached hydrogens (tertiary/aromatic N) is 3. The third-order valence-corrected chi connectivity index (χ3v) is 3.99. The number of benzene rings is 2. The summed E-state index contributed by atoms with van der Waals surface area (Å²) in [7, 11) is 0. The molecule has 0 spiro atoms. The van der Waals surface area contributed by atoms with Gasteiger partial charge in [-0.05, 0) is 36.2 Å². The highest BCUT2D eigenvalue weighted by atomic mass is 16.5. The summed E-state index contributed by atoms with van der Waals surface area (Å²) in [4.78, 5) is 9.18. The van der Waals surface area contributed by atoms with Gasteiger partial charge in [0.05, 0.1) is 17.6 Å². The Kier molecular flexibility index (Phi) is 3.57. The smallest absolute Gasteiger partial charge is 0.212 e. The van der Waals surface area contributed by atoms with Crippen LogP contribution in [0.5, 0.6) is 5.75 Å². The van der Waals surface area contributed by atoms with Gasteiger partial charge in [0.2, 0.25) is 5.95 Å². The quantitative estimate of drug-likeness (QED) is 0.774. The van der Waals surface area contributed by atoms with Crippen molar-refractivity contribution in [3.8, 4) is 5.75 Å². The van der Waals surface area contributed by atoms with E-state index in [4.69, 9.17) is 10.5 Å². The number of hydrogen-bond acceptors (Lipinski definition) is 5. The summed E-state index contributed by atoms with van der Waals surface area (Å²) in [6.45, 7) is 2.81. The molecule has 4 rings (SSSR count). The van der Waals surface area contributed by atoms with Gasteiger partial charge in [0.15, 0.2) is 12.1 Å². The van der Waals surface area contributed by atoms with E-state index in [1.165, 1.54) is 0 Å². The number of nitrogens with one attached hydrogen (secondary N) is 1. The molecule has 6 heteroatoms. The molecule has 6 nitrogen and oxygen atoms in total. The number of ether oxygens (including phenoxy) is 1. The number of imidazole rings is 1. The van der Waals surface area contributed by atoms with Crippen LogP contribution in [0.25, 0.3) is 11.0 Å². The molecule has 2 aromatic carbocycles. The van der Waals surface area contributed by atoms with Crippen LogP contribution in [0.3, 0.4) is 0 Å². The molecule has 1 aliphatic heterocycles. The van der Waals surface area contributed by atoms with E-state index in [1.54, 1.807) is 0 Å². The van der Waals surface area contributed by atoms with Crippen molar-refractivity contribution in [2.24, 2.45) is 10.7 Å². The van der Waals surface area contributed by atoms with Gasteiger partial charge in [-0.3, -0.25) is 9.88 Å². The van der Waals surface area contributed by atoms with Crippen LogP contribution in [0, 0.1) is 0 Å². The molecular weight excluding hydrogens is 302 g/mol. The number of aliphatic imine (C=N–C) groups is 1. The summed E-state index contributed by atoms with van der Waals surface area (Å²) in [5.74, 6) is 1.94. The Labute approximate surface area is 140 Å². The molecule has 2 heterocycles. The lowest BCUT2D eigenvalue weighted by Crippen LogP contribution is -2.31. The summed E-state index contributed by atoms with van der Waals surface area (Å²) in [6.07, 6.45) is 0.746. The first-order chi connectivity index (χ1) is 11.8. The molecule has 0 saturated carbocycles. The maximum atomic E-state index is 5.96. The molecule has 1 atom stereocenters. The van der Waals surface area contributed by atoms with Crippen LogP contribution in [0.4, 0.5) is 5.95 Å². The number of anilines is 1. The van der Waals surface area contributed by atoms with Gasteiger partial charge >= 0.3 is 0 Å². The summed E-state index contributed by atoms with van der Waals surface area (Å²) < 4.78 is 7.71. The topological polar surface area (TPSA) is 77.5 Å². The minimum absolute atomic E-state index is 0.242. The second-order valence-electron chi connectivity index (χ2n) is 5.72. The van der Waals surface area contributed by atoms with Gasteiger partial charge in [0, 0.05) is 0 Å². The van der Waals surface area contributed by atoms with E-state index in [0.29, 0.717) is 18.5 Å². The van der Waals surface area contributed by atoms with Gasteiger partial charge in [0.25, 0.3) is 0 Å². The fraction of sp³-hybridized carbons (Fsp3) is 0.222. The fourth-order valence-corrected chi connectivity index (χ4v) is 2.90. The van der Waals surface area contributed by atoms with Gasteiger partial charge in [-0.25, -0.2) is 9.98 Å². The molecule has 0 bridgehead atoms. The highest BCUT2D eigenvalue weighted by molar-refractivity contribution is 5.94. The molecule has 0 radical (unpaired) electrons. The molecule has 0 aliphatic carbocycles. The highest BCUT2D eigenvalue weighted by Gasteiger charge is 2.24. The third-order valence-electron chi connectivity index (χ3n) is 3.99. The molecule has 1 aliphatic rings. The van der Waals surface area contributed by atoms with Crippen molar-refractivity contribution in [2.75, 3.05) is 11.9 Å². The maximum Gasteiger partial charge on any atom is 0.212 e. The summed E-state index contributed by atoms with van der Waals surface area (Å²) in [6, 6.07) is 16.0. The van der Waals surface area contributed by atoms with Crippen molar-refractivity contribution in [3.63, 3.8) is 0 Å². The standard InChI is InChI=1S/C18H19N5O/c1-2-11-24-13-9-7-12(8-10-13)16-21-17(19)22-18-20-14-5-3-4-6-15(14)23(16)18/h3-10,16H,2,11H2,1H3,(H3,19,20,21,22)/t16-/m1/s1. The van der Waals surface area contributed by atoms with Gasteiger partial charge in [-0.1, -0.05) is 31.2 Å². The van der Waals surface area contributed by atoms with Crippen molar-refractivity contribution >= 4 is 22.9 Å². The molecule has 24 heavy (non-hydrogen) atoms. The fourth-order valence-electron chi connectivity index (χ4n) is 2.90. The van der Waals surface area contributed by atoms with E-state index < -0.39 is 0 Å². The van der Waals surface area contributed by atoms with E-state index in [9.17, 15) is 0 Å². The molecule has 3 N–H and O–H groups in total. The first-order valence-corrected chi connectivity index (χ1v) is 8.06. The minimum Gasteiger partial charge on any atom is -0.494 e. The Balaban J connectivity index is 1.76. The number of rotatable bonds is 4. The molecule has 3 aromatic rings. The first-order valence-electron chi connectivity index (χ1n) is 8.06. The van der Waals surface area contributed by atoms with E-state index in [-0.39, 0.29) is 6.17 Å². The monoisotopic (exact) mass is 321 g/mol. The Morgan fingerprint density at radius 2 is 1.96 bits per heavy atom. The van der Waals surface area contributed by atoms with E-state index in [2.05, 4.69) is 26.8 Å². The molecular formula is C18H19N5O. The van der Waals surface area contributed by atoms with Crippen LogP contribution in [0.1, 0.15) is 25.1 Å². The van der Waals surface area contributed by atoms with Crippen molar-refractivity contribution in [2.45, 2.75) is 19.5 Å². The second kappa shape index (κ2) is 5.88. The Morgan fingerprint density at radius 3 is 2.75 bits per heavy atom. The van der Waals surface area contributed by atoms with Crippen molar-refractivity contribution < 1.29 is 4.74 Å². The number of hydrogen-bond donors (Lipinski definition) is 2. The predicted octanol–water partition coefficient (Wildman–Crippen LogP) is 3.11. The zero-order valence-electron chi connectivity index (χ0n) is 13.4. The number of para-hydroxylation sites is 2. The molecule has 0 saturated heterocycles. The van der Waals surface area contributed by atoms with Crippen molar-refractivity contribution in [1.82, 2.24) is 9.55 Å². The van der Waals surface area contributed by atoms with E-state index >= 15 is 0 Å². The van der Waals surface area contributed by atoms with Crippen LogP contribution in [0.2, 0.25) is 0 Å². The summed E-state index contributed by atoms with van der Waals surface area (Å²) in [5, 5.41) is 3.04. The average molecular weight is 321 g/mol. The molecule has 122 valence electrons. The maximum absolute atomic E-state index is 5.96. The van der Waals surface area contributed by atoms with Crippen molar-refractivity contribution in [3.05, 3.63) is 54.1 Å². The largest absolute Gasteiger partial charge is 0.494 e. The summed E-state index contributed by atoms with van der Waals surface area (Å²) in [5.41, 5.74) is 8.93. The normalized spacial score (nSPS) is 16.4. The van der Waals surface area contributed by atoms with Gasteiger partial charge in [-0.2, -0.15) is 0 Å². The van der Waals surface area contributed by atoms with Crippen LogP contribution >= 0.6 is 0 Å². The molecule has 0 fully saturated rings. The van der Waals surface area contributed by atoms with Gasteiger partial charge in [0.1, 0.15) is 5.75 Å². The van der Waals surface area contributed by atoms with Crippen LogP contribution in [0.15, 0.2) is 53.5 Å². The first kappa shape index (κ1) is 14.6.